The average Bonchev–Trinajstić information content (AvgIpc) is 2.56. The highest BCUT2D eigenvalue weighted by Gasteiger charge is 2.44. The van der Waals surface area contributed by atoms with Crippen molar-refractivity contribution in [1.82, 2.24) is 0 Å². The maximum absolute atomic E-state index is 10.3. The molecule has 2 aliphatic rings. The molecular weight excluding hydrogens is 300 g/mol. The van der Waals surface area contributed by atoms with E-state index in [1.54, 1.807) is 14.2 Å². The first kappa shape index (κ1) is 17.3. The van der Waals surface area contributed by atoms with Crippen LogP contribution < -0.4 is 9.47 Å². The summed E-state index contributed by atoms with van der Waals surface area (Å²) in [7, 11) is 3.54. The number of rotatable bonds is 3. The van der Waals surface area contributed by atoms with Gasteiger partial charge in [0.1, 0.15) is 11.5 Å². The molecule has 0 aromatic heterocycles. The van der Waals surface area contributed by atoms with E-state index in [9.17, 15) is 5.11 Å². The van der Waals surface area contributed by atoms with Crippen molar-refractivity contribution in [3.63, 3.8) is 0 Å². The van der Waals surface area contributed by atoms with Crippen LogP contribution in [0, 0.1) is 0 Å². The summed E-state index contributed by atoms with van der Waals surface area (Å²) in [4.78, 5) is 0. The fourth-order valence-electron chi connectivity index (χ4n) is 4.82. The molecule has 1 aromatic carbocycles. The van der Waals surface area contributed by atoms with Gasteiger partial charge < -0.3 is 14.6 Å². The lowest BCUT2D eigenvalue weighted by Gasteiger charge is -2.45. The number of hydrogen-bond acceptors (Lipinski definition) is 3. The van der Waals surface area contributed by atoms with Crippen molar-refractivity contribution in [2.75, 3.05) is 14.2 Å². The molecule has 3 heteroatoms. The molecule has 2 atom stereocenters. The Hall–Kier alpha value is -1.48. The summed E-state index contributed by atoms with van der Waals surface area (Å²) in [6.07, 6.45) is 3.41. The normalized spacial score (nSPS) is 26.2. The Morgan fingerprint density at radius 3 is 2.50 bits per heavy atom. The molecule has 3 nitrogen and oxygen atoms in total. The second kappa shape index (κ2) is 6.11. The summed E-state index contributed by atoms with van der Waals surface area (Å²) < 4.78 is 11.7. The lowest BCUT2D eigenvalue weighted by molar-refractivity contribution is 0.169. The lowest BCUT2D eigenvalue weighted by Crippen LogP contribution is -2.38. The van der Waals surface area contributed by atoms with E-state index in [1.807, 2.05) is 0 Å². The monoisotopic (exact) mass is 330 g/mol. The molecule has 132 valence electrons. The van der Waals surface area contributed by atoms with E-state index in [0.717, 1.165) is 42.8 Å². The molecule has 0 radical (unpaired) electrons. The maximum Gasteiger partial charge on any atom is 0.126 e. The van der Waals surface area contributed by atoms with E-state index in [-0.39, 0.29) is 11.5 Å². The molecular formula is C21H30O3. The van der Waals surface area contributed by atoms with E-state index in [4.69, 9.17) is 9.47 Å². The van der Waals surface area contributed by atoms with Gasteiger partial charge in [-0.25, -0.2) is 0 Å². The zero-order chi connectivity index (χ0) is 17.6. The molecule has 2 unspecified atom stereocenters. The van der Waals surface area contributed by atoms with Gasteiger partial charge in [0, 0.05) is 22.1 Å². The van der Waals surface area contributed by atoms with Crippen LogP contribution >= 0.6 is 0 Å². The van der Waals surface area contributed by atoms with Gasteiger partial charge >= 0.3 is 0 Å². The minimum atomic E-state index is -0.294. The first-order chi connectivity index (χ1) is 11.3. The zero-order valence-corrected chi connectivity index (χ0v) is 15.8. The van der Waals surface area contributed by atoms with Crippen molar-refractivity contribution in [2.45, 2.75) is 70.8 Å². The van der Waals surface area contributed by atoms with Crippen molar-refractivity contribution in [1.29, 1.82) is 0 Å². The number of hydrogen-bond donors (Lipinski definition) is 1. The predicted molar refractivity (Wildman–Crippen MR) is 97.2 cm³/mol. The smallest absolute Gasteiger partial charge is 0.126 e. The number of fused-ring (bicyclic) bond motifs is 3. The molecule has 24 heavy (non-hydrogen) atoms. The molecule has 0 bridgehead atoms. The second-order valence-corrected chi connectivity index (χ2v) is 7.76. The molecule has 1 N–H and O–H groups in total. The molecule has 1 aromatic rings. The van der Waals surface area contributed by atoms with E-state index in [1.165, 1.54) is 22.3 Å². The van der Waals surface area contributed by atoms with Crippen molar-refractivity contribution in [2.24, 2.45) is 0 Å². The third kappa shape index (κ3) is 2.36. The van der Waals surface area contributed by atoms with Crippen molar-refractivity contribution in [3.05, 3.63) is 33.9 Å². The summed E-state index contributed by atoms with van der Waals surface area (Å²) in [5.41, 5.74) is 6.28. The third-order valence-electron chi connectivity index (χ3n) is 6.15. The number of aliphatic hydroxyl groups excluding tert-OH is 1. The summed E-state index contributed by atoms with van der Waals surface area (Å²) in [5.74, 6) is 2.39. The van der Waals surface area contributed by atoms with Crippen LogP contribution in [0.1, 0.15) is 69.6 Å². The fraction of sp³-hybridized carbons (Fsp3) is 0.619. The van der Waals surface area contributed by atoms with Crippen LogP contribution in [0.4, 0.5) is 0 Å². The Balaban J connectivity index is 2.31. The van der Waals surface area contributed by atoms with Gasteiger partial charge in [0.05, 0.1) is 20.3 Å². The number of benzene rings is 1. The first-order valence-corrected chi connectivity index (χ1v) is 9.01. The highest BCUT2D eigenvalue weighted by atomic mass is 16.5. The summed E-state index contributed by atoms with van der Waals surface area (Å²) in [6.45, 7) is 8.79. The van der Waals surface area contributed by atoms with Crippen LogP contribution in [0.3, 0.4) is 0 Å². The molecule has 0 heterocycles. The quantitative estimate of drug-likeness (QED) is 0.829. The number of ether oxygens (including phenoxy) is 2. The van der Waals surface area contributed by atoms with Crippen LogP contribution in [0.2, 0.25) is 0 Å². The maximum atomic E-state index is 10.3. The Morgan fingerprint density at radius 1 is 1.21 bits per heavy atom. The van der Waals surface area contributed by atoms with Crippen LogP contribution in [-0.4, -0.2) is 25.4 Å². The third-order valence-corrected chi connectivity index (χ3v) is 6.15. The highest BCUT2D eigenvalue weighted by molar-refractivity contribution is 5.62. The standard InChI is InChI=1S/C21H30O3/c1-12(2)15-11-18(23-5)19-14(20(15)24-6)7-8-16-13(3)17(22)9-10-21(16,19)4/h11-12,17,22H,7-10H2,1-6H3. The lowest BCUT2D eigenvalue weighted by atomic mass is 9.60. The minimum absolute atomic E-state index is 0.0645. The van der Waals surface area contributed by atoms with E-state index in [2.05, 4.69) is 33.8 Å². The molecule has 0 fully saturated rings. The average molecular weight is 330 g/mol. The fourth-order valence-corrected chi connectivity index (χ4v) is 4.82. The largest absolute Gasteiger partial charge is 0.496 e. The van der Waals surface area contributed by atoms with E-state index < -0.39 is 0 Å². The molecule has 0 saturated carbocycles. The molecule has 2 aliphatic carbocycles. The van der Waals surface area contributed by atoms with Crippen LogP contribution in [0.25, 0.3) is 0 Å². The van der Waals surface area contributed by atoms with Gasteiger partial charge in [-0.1, -0.05) is 26.3 Å². The van der Waals surface area contributed by atoms with Gasteiger partial charge in [0.25, 0.3) is 0 Å². The predicted octanol–water partition coefficient (Wildman–Crippen LogP) is 4.50. The number of allylic oxidation sites excluding steroid dienone is 1. The Kier molecular flexibility index (Phi) is 4.41. The van der Waals surface area contributed by atoms with Gasteiger partial charge in [0.2, 0.25) is 0 Å². The second-order valence-electron chi connectivity index (χ2n) is 7.76. The molecule has 0 amide bonds. The zero-order valence-electron chi connectivity index (χ0n) is 15.8. The summed E-state index contributed by atoms with van der Waals surface area (Å²) in [5, 5.41) is 10.3. The summed E-state index contributed by atoms with van der Waals surface area (Å²) >= 11 is 0. The van der Waals surface area contributed by atoms with Crippen molar-refractivity contribution >= 4 is 0 Å². The number of methoxy groups -OCH3 is 2. The van der Waals surface area contributed by atoms with Crippen molar-refractivity contribution in [3.8, 4) is 11.5 Å². The Labute approximate surface area is 145 Å². The highest BCUT2D eigenvalue weighted by Crippen LogP contribution is 2.55. The Bertz CT molecular complexity index is 687. The van der Waals surface area contributed by atoms with Crippen LogP contribution in [0.15, 0.2) is 17.2 Å². The van der Waals surface area contributed by atoms with Gasteiger partial charge in [-0.2, -0.15) is 0 Å². The Morgan fingerprint density at radius 2 is 1.92 bits per heavy atom. The van der Waals surface area contributed by atoms with E-state index in [0.29, 0.717) is 5.92 Å². The number of aliphatic hydroxyl groups is 1. The van der Waals surface area contributed by atoms with E-state index >= 15 is 0 Å². The van der Waals surface area contributed by atoms with Crippen molar-refractivity contribution < 1.29 is 14.6 Å². The van der Waals surface area contributed by atoms with Gasteiger partial charge in [0.15, 0.2) is 0 Å². The van der Waals surface area contributed by atoms with Crippen LogP contribution in [0.5, 0.6) is 11.5 Å². The topological polar surface area (TPSA) is 38.7 Å². The minimum Gasteiger partial charge on any atom is -0.496 e. The van der Waals surface area contributed by atoms with Crippen LogP contribution in [-0.2, 0) is 11.8 Å². The summed E-state index contributed by atoms with van der Waals surface area (Å²) in [6, 6.07) is 2.16. The molecule has 0 saturated heterocycles. The molecule has 0 spiro atoms. The SMILES string of the molecule is COc1cc(C(C)C)c(OC)c2c1C1(C)CCC(O)C(C)=C1CC2. The van der Waals surface area contributed by atoms with Gasteiger partial charge in [-0.3, -0.25) is 0 Å². The van der Waals surface area contributed by atoms with Gasteiger partial charge in [-0.15, -0.1) is 0 Å². The molecule has 3 rings (SSSR count). The first-order valence-electron chi connectivity index (χ1n) is 9.01. The molecule has 0 aliphatic heterocycles. The van der Waals surface area contributed by atoms with Gasteiger partial charge in [-0.05, 0) is 50.2 Å².